The van der Waals surface area contributed by atoms with E-state index < -0.39 is 24.8 Å². The number of alkyl halides is 2. The highest BCUT2D eigenvalue weighted by molar-refractivity contribution is 5.57. The van der Waals surface area contributed by atoms with E-state index in [4.69, 9.17) is 10.8 Å². The number of benzene rings is 1. The van der Waals surface area contributed by atoms with Crippen LogP contribution in [0.1, 0.15) is 24.1 Å². The third-order valence-electron chi connectivity index (χ3n) is 2.87. The quantitative estimate of drug-likeness (QED) is 0.837. The Bertz CT molecular complexity index is 425. The number of hydrogen-bond donors (Lipinski definition) is 2. The van der Waals surface area contributed by atoms with Crippen LogP contribution in [0.15, 0.2) is 12.1 Å². The molecule has 1 aromatic rings. The van der Waals surface area contributed by atoms with Crippen LogP contribution in [-0.2, 0) is 0 Å². The third-order valence-corrected chi connectivity index (χ3v) is 2.87. The predicted molar refractivity (Wildman–Crippen MR) is 69.0 cm³/mol. The molecule has 0 radical (unpaired) electrons. The molecule has 0 spiro atoms. The zero-order valence-corrected chi connectivity index (χ0v) is 11.0. The summed E-state index contributed by atoms with van der Waals surface area (Å²) >= 11 is 0. The molecule has 0 saturated heterocycles. The predicted octanol–water partition coefficient (Wildman–Crippen LogP) is 2.22. The SMILES string of the molecule is Cc1cc(N(CCO)CC(F)F)c(C(C)N)cc1F. The molecule has 0 bridgehead atoms. The summed E-state index contributed by atoms with van der Waals surface area (Å²) in [6, 6.07) is 2.28. The Morgan fingerprint density at radius 1 is 1.37 bits per heavy atom. The number of halogens is 3. The number of nitrogens with zero attached hydrogens (tertiary/aromatic N) is 1. The summed E-state index contributed by atoms with van der Waals surface area (Å²) in [6.45, 7) is 2.48. The minimum Gasteiger partial charge on any atom is -0.395 e. The maximum Gasteiger partial charge on any atom is 0.255 e. The van der Waals surface area contributed by atoms with Gasteiger partial charge in [0, 0.05) is 18.3 Å². The number of aryl methyl sites for hydroxylation is 1. The van der Waals surface area contributed by atoms with Crippen molar-refractivity contribution in [1.82, 2.24) is 0 Å². The molecule has 19 heavy (non-hydrogen) atoms. The van der Waals surface area contributed by atoms with E-state index in [1.165, 1.54) is 17.0 Å². The van der Waals surface area contributed by atoms with Gasteiger partial charge in [0.25, 0.3) is 6.43 Å². The van der Waals surface area contributed by atoms with Gasteiger partial charge in [0.2, 0.25) is 0 Å². The summed E-state index contributed by atoms with van der Waals surface area (Å²) < 4.78 is 38.7. The molecule has 1 aromatic carbocycles. The molecule has 6 heteroatoms. The fraction of sp³-hybridized carbons (Fsp3) is 0.538. The zero-order chi connectivity index (χ0) is 14.6. The van der Waals surface area contributed by atoms with Gasteiger partial charge in [-0.05, 0) is 37.1 Å². The summed E-state index contributed by atoms with van der Waals surface area (Å²) in [7, 11) is 0. The molecule has 1 rings (SSSR count). The Kier molecular flexibility index (Phi) is 5.62. The van der Waals surface area contributed by atoms with Gasteiger partial charge < -0.3 is 15.7 Å². The maximum atomic E-state index is 13.6. The monoisotopic (exact) mass is 276 g/mol. The summed E-state index contributed by atoms with van der Waals surface area (Å²) in [6.07, 6.45) is -2.54. The highest BCUT2D eigenvalue weighted by Gasteiger charge is 2.19. The summed E-state index contributed by atoms with van der Waals surface area (Å²) in [5, 5.41) is 8.97. The van der Waals surface area contributed by atoms with Gasteiger partial charge in [0.15, 0.2) is 0 Å². The van der Waals surface area contributed by atoms with Crippen molar-refractivity contribution in [3.8, 4) is 0 Å². The fourth-order valence-electron chi connectivity index (χ4n) is 1.92. The maximum absolute atomic E-state index is 13.6. The van der Waals surface area contributed by atoms with Crippen LogP contribution in [0.5, 0.6) is 0 Å². The molecule has 0 aliphatic rings. The number of nitrogens with two attached hydrogens (primary N) is 1. The standard InChI is InChI=1S/C13H19F3N2O/c1-8-5-12(10(9(2)17)6-11(8)14)18(3-4-19)7-13(15)16/h5-6,9,13,19H,3-4,7,17H2,1-2H3. The van der Waals surface area contributed by atoms with Gasteiger partial charge in [0.1, 0.15) is 5.82 Å². The van der Waals surface area contributed by atoms with Gasteiger partial charge in [-0.3, -0.25) is 0 Å². The first-order valence-corrected chi connectivity index (χ1v) is 6.06. The number of aliphatic hydroxyl groups is 1. The second kappa shape index (κ2) is 6.77. The second-order valence-corrected chi connectivity index (χ2v) is 4.51. The van der Waals surface area contributed by atoms with Crippen LogP contribution in [0.2, 0.25) is 0 Å². The molecule has 0 fully saturated rings. The smallest absolute Gasteiger partial charge is 0.255 e. The van der Waals surface area contributed by atoms with Crippen molar-refractivity contribution in [2.24, 2.45) is 5.73 Å². The van der Waals surface area contributed by atoms with Crippen molar-refractivity contribution >= 4 is 5.69 Å². The number of rotatable bonds is 6. The van der Waals surface area contributed by atoms with Gasteiger partial charge in [0.05, 0.1) is 13.2 Å². The van der Waals surface area contributed by atoms with Crippen molar-refractivity contribution < 1.29 is 18.3 Å². The van der Waals surface area contributed by atoms with E-state index in [2.05, 4.69) is 0 Å². The molecule has 0 heterocycles. The molecule has 0 aromatic heterocycles. The summed E-state index contributed by atoms with van der Waals surface area (Å²) in [5.41, 5.74) is 7.02. The van der Waals surface area contributed by atoms with Gasteiger partial charge in [-0.25, -0.2) is 13.2 Å². The van der Waals surface area contributed by atoms with Crippen molar-refractivity contribution in [2.45, 2.75) is 26.3 Å². The average Bonchev–Trinajstić information content (AvgIpc) is 2.30. The van der Waals surface area contributed by atoms with E-state index in [1.54, 1.807) is 13.8 Å². The normalized spacial score (nSPS) is 12.8. The van der Waals surface area contributed by atoms with Crippen LogP contribution in [0.25, 0.3) is 0 Å². The van der Waals surface area contributed by atoms with Crippen molar-refractivity contribution in [2.75, 3.05) is 24.6 Å². The molecular formula is C13H19F3N2O. The second-order valence-electron chi connectivity index (χ2n) is 4.51. The molecule has 1 unspecified atom stereocenters. The van der Waals surface area contributed by atoms with E-state index in [0.29, 0.717) is 16.8 Å². The molecule has 3 N–H and O–H groups in total. The highest BCUT2D eigenvalue weighted by Crippen LogP contribution is 2.28. The van der Waals surface area contributed by atoms with Crippen LogP contribution in [0.4, 0.5) is 18.9 Å². The first-order chi connectivity index (χ1) is 8.86. The first kappa shape index (κ1) is 15.8. The fourth-order valence-corrected chi connectivity index (χ4v) is 1.92. The largest absolute Gasteiger partial charge is 0.395 e. The minimum atomic E-state index is -2.54. The van der Waals surface area contributed by atoms with Crippen molar-refractivity contribution in [3.63, 3.8) is 0 Å². The Morgan fingerprint density at radius 2 is 2.00 bits per heavy atom. The van der Waals surface area contributed by atoms with Gasteiger partial charge in [-0.15, -0.1) is 0 Å². The summed E-state index contributed by atoms with van der Waals surface area (Å²) in [4.78, 5) is 1.33. The van der Waals surface area contributed by atoms with E-state index in [0.717, 1.165) is 0 Å². The van der Waals surface area contributed by atoms with Crippen LogP contribution in [-0.4, -0.2) is 31.2 Å². The lowest BCUT2D eigenvalue weighted by Crippen LogP contribution is -2.33. The number of aliphatic hydroxyl groups excluding tert-OH is 1. The molecule has 3 nitrogen and oxygen atoms in total. The summed E-state index contributed by atoms with van der Waals surface area (Å²) in [5.74, 6) is -0.419. The lowest BCUT2D eigenvalue weighted by molar-refractivity contribution is 0.152. The topological polar surface area (TPSA) is 49.5 Å². The molecular weight excluding hydrogens is 257 g/mol. The third kappa shape index (κ3) is 4.11. The van der Waals surface area contributed by atoms with Crippen LogP contribution in [0.3, 0.4) is 0 Å². The Balaban J connectivity index is 3.22. The van der Waals surface area contributed by atoms with Gasteiger partial charge >= 0.3 is 0 Å². The van der Waals surface area contributed by atoms with Crippen molar-refractivity contribution in [3.05, 3.63) is 29.1 Å². The molecule has 0 aliphatic carbocycles. The number of anilines is 1. The lowest BCUT2D eigenvalue weighted by atomic mass is 10.0. The molecule has 108 valence electrons. The molecule has 0 amide bonds. The Morgan fingerprint density at radius 3 is 2.47 bits per heavy atom. The van der Waals surface area contributed by atoms with Crippen LogP contribution < -0.4 is 10.6 Å². The van der Waals surface area contributed by atoms with Crippen molar-refractivity contribution in [1.29, 1.82) is 0 Å². The lowest BCUT2D eigenvalue weighted by Gasteiger charge is -2.28. The van der Waals surface area contributed by atoms with Gasteiger partial charge in [-0.2, -0.15) is 0 Å². The Labute approximate surface area is 110 Å². The highest BCUT2D eigenvalue weighted by atomic mass is 19.3. The number of hydrogen-bond acceptors (Lipinski definition) is 3. The molecule has 1 atom stereocenters. The zero-order valence-electron chi connectivity index (χ0n) is 11.0. The first-order valence-electron chi connectivity index (χ1n) is 6.06. The average molecular weight is 276 g/mol. The van der Waals surface area contributed by atoms with Crippen LogP contribution in [0, 0.1) is 12.7 Å². The van der Waals surface area contributed by atoms with Crippen LogP contribution >= 0.6 is 0 Å². The van der Waals surface area contributed by atoms with E-state index in [1.807, 2.05) is 0 Å². The van der Waals surface area contributed by atoms with E-state index >= 15 is 0 Å². The van der Waals surface area contributed by atoms with E-state index in [9.17, 15) is 13.2 Å². The molecule has 0 aliphatic heterocycles. The van der Waals surface area contributed by atoms with Gasteiger partial charge in [-0.1, -0.05) is 0 Å². The molecule has 0 saturated carbocycles. The Hall–Kier alpha value is -1.27. The minimum absolute atomic E-state index is 0.0507. The van der Waals surface area contributed by atoms with E-state index in [-0.39, 0.29) is 13.2 Å².